The minimum absolute atomic E-state index is 0.133. The first-order valence-electron chi connectivity index (χ1n) is 6.88. The zero-order valence-electron chi connectivity index (χ0n) is 11.2. The van der Waals surface area contributed by atoms with Crippen LogP contribution in [0, 0.1) is 11.8 Å². The van der Waals surface area contributed by atoms with Crippen molar-refractivity contribution in [1.82, 2.24) is 9.88 Å². The highest BCUT2D eigenvalue weighted by molar-refractivity contribution is 5.90. The monoisotopic (exact) mass is 286 g/mol. The quantitative estimate of drug-likeness (QED) is 0.816. The van der Waals surface area contributed by atoms with Gasteiger partial charge in [-0.25, -0.2) is 0 Å². The van der Waals surface area contributed by atoms with E-state index in [1.807, 2.05) is 18.2 Å². The molecule has 2 fully saturated rings. The molecule has 0 radical (unpaired) electrons. The van der Waals surface area contributed by atoms with Crippen LogP contribution in [0.4, 0.5) is 0 Å². The Morgan fingerprint density at radius 1 is 1.48 bits per heavy atom. The second-order valence-electron chi connectivity index (χ2n) is 5.79. The SMILES string of the molecule is O=C(O)[C@H]1[C@H]2C(=O)N(Cc3ccncc3)C[C@]23C=C[C@H]1O3. The smallest absolute Gasteiger partial charge is 0.310 e. The van der Waals surface area contributed by atoms with Crippen molar-refractivity contribution in [2.45, 2.75) is 18.2 Å². The molecule has 3 aliphatic heterocycles. The number of amides is 1. The lowest BCUT2D eigenvalue weighted by Crippen LogP contribution is -2.39. The van der Waals surface area contributed by atoms with Crippen molar-refractivity contribution in [2.24, 2.45) is 11.8 Å². The topological polar surface area (TPSA) is 79.7 Å². The van der Waals surface area contributed by atoms with Crippen LogP contribution < -0.4 is 0 Å². The lowest BCUT2D eigenvalue weighted by atomic mass is 9.77. The molecular weight excluding hydrogens is 272 g/mol. The van der Waals surface area contributed by atoms with E-state index in [0.717, 1.165) is 5.56 Å². The Morgan fingerprint density at radius 3 is 2.95 bits per heavy atom. The summed E-state index contributed by atoms with van der Waals surface area (Å²) in [5, 5.41) is 9.38. The van der Waals surface area contributed by atoms with Crippen molar-refractivity contribution in [3.8, 4) is 0 Å². The minimum atomic E-state index is -0.963. The fraction of sp³-hybridized carbons (Fsp3) is 0.400. The largest absolute Gasteiger partial charge is 0.481 e. The van der Waals surface area contributed by atoms with E-state index in [1.165, 1.54) is 0 Å². The van der Waals surface area contributed by atoms with Crippen LogP contribution in [-0.2, 0) is 20.9 Å². The molecule has 0 unspecified atom stereocenters. The van der Waals surface area contributed by atoms with Crippen LogP contribution in [0.25, 0.3) is 0 Å². The van der Waals surface area contributed by atoms with Crippen LogP contribution in [0.5, 0.6) is 0 Å². The molecule has 1 aromatic heterocycles. The van der Waals surface area contributed by atoms with Crippen molar-refractivity contribution in [1.29, 1.82) is 0 Å². The number of carboxylic acids is 1. The van der Waals surface area contributed by atoms with Crippen LogP contribution in [0.3, 0.4) is 0 Å². The maximum atomic E-state index is 12.6. The molecule has 1 N–H and O–H groups in total. The van der Waals surface area contributed by atoms with Gasteiger partial charge < -0.3 is 14.7 Å². The van der Waals surface area contributed by atoms with E-state index in [0.29, 0.717) is 13.1 Å². The van der Waals surface area contributed by atoms with Crippen molar-refractivity contribution in [3.05, 3.63) is 42.2 Å². The number of carbonyl (C=O) groups excluding carboxylic acids is 1. The number of aromatic nitrogens is 1. The molecule has 108 valence electrons. The molecule has 0 aromatic carbocycles. The fourth-order valence-corrected chi connectivity index (χ4v) is 3.70. The van der Waals surface area contributed by atoms with Crippen LogP contribution in [0.15, 0.2) is 36.7 Å². The van der Waals surface area contributed by atoms with Gasteiger partial charge in [-0.3, -0.25) is 14.6 Å². The van der Waals surface area contributed by atoms with E-state index in [-0.39, 0.29) is 5.91 Å². The number of hydrogen-bond donors (Lipinski definition) is 1. The van der Waals surface area contributed by atoms with Crippen molar-refractivity contribution in [3.63, 3.8) is 0 Å². The second-order valence-corrected chi connectivity index (χ2v) is 5.79. The van der Waals surface area contributed by atoms with Gasteiger partial charge >= 0.3 is 5.97 Å². The molecule has 2 bridgehead atoms. The zero-order chi connectivity index (χ0) is 14.6. The zero-order valence-corrected chi connectivity index (χ0v) is 11.2. The number of nitrogens with zero attached hydrogens (tertiary/aromatic N) is 2. The number of carbonyl (C=O) groups is 2. The maximum Gasteiger partial charge on any atom is 0.310 e. The summed E-state index contributed by atoms with van der Waals surface area (Å²) >= 11 is 0. The highest BCUT2D eigenvalue weighted by atomic mass is 16.5. The number of aliphatic carboxylic acids is 1. The molecule has 0 saturated carbocycles. The van der Waals surface area contributed by atoms with Gasteiger partial charge in [0.1, 0.15) is 11.5 Å². The summed E-state index contributed by atoms with van der Waals surface area (Å²) in [6.45, 7) is 0.864. The fourth-order valence-electron chi connectivity index (χ4n) is 3.70. The number of hydrogen-bond acceptors (Lipinski definition) is 4. The molecule has 4 heterocycles. The first-order valence-corrected chi connectivity index (χ1v) is 6.88. The van der Waals surface area contributed by atoms with Crippen LogP contribution in [0.2, 0.25) is 0 Å². The molecule has 6 heteroatoms. The van der Waals surface area contributed by atoms with Gasteiger partial charge in [-0.05, 0) is 17.7 Å². The first-order chi connectivity index (χ1) is 10.1. The molecule has 2 saturated heterocycles. The molecule has 1 amide bonds. The van der Waals surface area contributed by atoms with Gasteiger partial charge in [0.05, 0.1) is 18.6 Å². The molecular formula is C15H14N2O4. The summed E-state index contributed by atoms with van der Waals surface area (Å²) in [6, 6.07) is 3.70. The number of ether oxygens (including phenoxy) is 1. The van der Waals surface area contributed by atoms with Gasteiger partial charge in [0.25, 0.3) is 0 Å². The lowest BCUT2D eigenvalue weighted by Gasteiger charge is -2.21. The predicted octanol–water partition coefficient (Wildman–Crippen LogP) is 0.448. The third-order valence-corrected chi connectivity index (χ3v) is 4.59. The van der Waals surface area contributed by atoms with E-state index < -0.39 is 29.5 Å². The second kappa shape index (κ2) is 4.14. The molecule has 3 aliphatic rings. The summed E-state index contributed by atoms with van der Waals surface area (Å²) in [5.74, 6) is -2.47. The summed E-state index contributed by atoms with van der Waals surface area (Å²) < 4.78 is 5.83. The average Bonchev–Trinajstić information content (AvgIpc) is 3.09. The van der Waals surface area contributed by atoms with Crippen LogP contribution in [0.1, 0.15) is 5.56 Å². The highest BCUT2D eigenvalue weighted by Crippen LogP contribution is 2.52. The molecule has 0 aliphatic carbocycles. The van der Waals surface area contributed by atoms with E-state index in [2.05, 4.69) is 4.98 Å². The molecule has 4 rings (SSSR count). The Morgan fingerprint density at radius 2 is 2.24 bits per heavy atom. The lowest BCUT2D eigenvalue weighted by molar-refractivity contribution is -0.148. The van der Waals surface area contributed by atoms with Gasteiger partial charge in [0.2, 0.25) is 5.91 Å². The van der Waals surface area contributed by atoms with Gasteiger partial charge in [0.15, 0.2) is 0 Å². The molecule has 6 nitrogen and oxygen atoms in total. The van der Waals surface area contributed by atoms with E-state index in [1.54, 1.807) is 23.4 Å². The Hall–Kier alpha value is -2.21. The van der Waals surface area contributed by atoms with Crippen molar-refractivity contribution >= 4 is 11.9 Å². The highest BCUT2D eigenvalue weighted by Gasteiger charge is 2.66. The Bertz CT molecular complexity index is 644. The Balaban J connectivity index is 1.63. The standard InChI is InChI=1S/C15H14N2O4/c18-13-12-11(14(19)20)10-1-4-15(12,21-10)8-17(13)7-9-2-5-16-6-3-9/h1-6,10-12H,7-8H2,(H,19,20)/t10-,11-,12+,15-/m1/s1. The summed E-state index contributed by atoms with van der Waals surface area (Å²) in [6.07, 6.45) is 6.53. The normalized spacial score (nSPS) is 36.3. The van der Waals surface area contributed by atoms with Crippen molar-refractivity contribution in [2.75, 3.05) is 6.54 Å². The Labute approximate surface area is 121 Å². The number of fused-ring (bicyclic) bond motifs is 1. The van der Waals surface area contributed by atoms with Crippen LogP contribution >= 0.6 is 0 Å². The third-order valence-electron chi connectivity index (χ3n) is 4.59. The number of rotatable bonds is 3. The number of likely N-dealkylation sites (tertiary alicyclic amines) is 1. The maximum absolute atomic E-state index is 12.6. The molecule has 4 atom stereocenters. The van der Waals surface area contributed by atoms with Gasteiger partial charge in [0, 0.05) is 18.9 Å². The number of pyridine rings is 1. The molecule has 21 heavy (non-hydrogen) atoms. The van der Waals surface area contributed by atoms with E-state index in [4.69, 9.17) is 4.74 Å². The summed E-state index contributed by atoms with van der Waals surface area (Å²) in [7, 11) is 0. The van der Waals surface area contributed by atoms with Crippen molar-refractivity contribution < 1.29 is 19.4 Å². The predicted molar refractivity (Wildman–Crippen MR) is 71.0 cm³/mol. The number of carboxylic acid groups (broad SMARTS) is 1. The Kier molecular flexibility index (Phi) is 2.47. The van der Waals surface area contributed by atoms with Gasteiger partial charge in [-0.1, -0.05) is 12.2 Å². The van der Waals surface area contributed by atoms with Gasteiger partial charge in [-0.15, -0.1) is 0 Å². The molecule has 1 spiro atoms. The molecule has 1 aromatic rings. The third kappa shape index (κ3) is 1.65. The van der Waals surface area contributed by atoms with Gasteiger partial charge in [-0.2, -0.15) is 0 Å². The summed E-state index contributed by atoms with van der Waals surface area (Å²) in [5.41, 5.74) is 0.220. The summed E-state index contributed by atoms with van der Waals surface area (Å²) in [4.78, 5) is 29.7. The average molecular weight is 286 g/mol. The van der Waals surface area contributed by atoms with E-state index in [9.17, 15) is 14.7 Å². The first kappa shape index (κ1) is 12.5. The minimum Gasteiger partial charge on any atom is -0.481 e. The van der Waals surface area contributed by atoms with E-state index >= 15 is 0 Å². The van der Waals surface area contributed by atoms with Crippen LogP contribution in [-0.4, -0.2) is 45.1 Å².